The lowest BCUT2D eigenvalue weighted by Crippen LogP contribution is -2.37. The van der Waals surface area contributed by atoms with Crippen molar-refractivity contribution in [3.63, 3.8) is 0 Å². The molecule has 0 saturated heterocycles. The Balaban J connectivity index is 1.47. The van der Waals surface area contributed by atoms with Crippen LogP contribution in [0.2, 0.25) is 0 Å². The molecule has 1 heterocycles. The van der Waals surface area contributed by atoms with Gasteiger partial charge in [-0.3, -0.25) is 0 Å². The fraction of sp³-hybridized carbons (Fsp3) is 0.476. The molecule has 0 atom stereocenters. The molecule has 0 amide bonds. The lowest BCUT2D eigenvalue weighted by Gasteiger charge is -2.29. The number of pyridine rings is 1. The van der Waals surface area contributed by atoms with Gasteiger partial charge < -0.3 is 5.32 Å². The number of rotatable bonds is 7. The van der Waals surface area contributed by atoms with Crippen molar-refractivity contribution >= 4 is 15.8 Å². The molecule has 5 nitrogen and oxygen atoms in total. The highest BCUT2D eigenvalue weighted by Crippen LogP contribution is 2.27. The Hall–Kier alpha value is -1.99. The fourth-order valence-electron chi connectivity index (χ4n) is 3.41. The highest BCUT2D eigenvalue weighted by Gasteiger charge is 2.23. The molecule has 0 bridgehead atoms. The number of sulfonamides is 1. The minimum atomic E-state index is -3.19. The Morgan fingerprint density at radius 2 is 1.68 bits per heavy atom. The van der Waals surface area contributed by atoms with Gasteiger partial charge in [0.25, 0.3) is 0 Å². The fourth-order valence-corrected chi connectivity index (χ4v) is 4.21. The van der Waals surface area contributed by atoms with Crippen LogP contribution in [-0.4, -0.2) is 31.2 Å². The zero-order valence-corrected chi connectivity index (χ0v) is 17.2. The second-order valence-electron chi connectivity index (χ2n) is 7.74. The third-order valence-electron chi connectivity index (χ3n) is 5.33. The number of benzene rings is 1. The predicted octanol–water partition coefficient (Wildman–Crippen LogP) is 4.19. The monoisotopic (exact) mass is 405 g/mol. The summed E-state index contributed by atoms with van der Waals surface area (Å²) >= 11 is 0. The van der Waals surface area contributed by atoms with E-state index in [1.54, 1.807) is 32.2 Å². The molecule has 0 aliphatic heterocycles. The maximum Gasteiger partial charge on any atom is 0.213 e. The van der Waals surface area contributed by atoms with E-state index in [2.05, 4.69) is 15.0 Å². The van der Waals surface area contributed by atoms with Gasteiger partial charge in [-0.05, 0) is 75.3 Å². The highest BCUT2D eigenvalue weighted by atomic mass is 32.2. The van der Waals surface area contributed by atoms with E-state index in [1.807, 2.05) is 12.1 Å². The van der Waals surface area contributed by atoms with Crippen LogP contribution in [0.15, 0.2) is 42.6 Å². The number of halogens is 1. The summed E-state index contributed by atoms with van der Waals surface area (Å²) in [5.41, 5.74) is 1.89. The van der Waals surface area contributed by atoms with Crippen molar-refractivity contribution in [1.29, 1.82) is 0 Å². The minimum absolute atomic E-state index is 0.248. The second-order valence-corrected chi connectivity index (χ2v) is 10.1. The molecule has 28 heavy (non-hydrogen) atoms. The summed E-state index contributed by atoms with van der Waals surface area (Å²) in [5, 5.41) is 3.08. The SMILES string of the molecule is CC(C)S(=O)(=O)NC[C@H]1CC[C@H](Nc2ccc(-c3ccc(F)cc3)cn2)CC1. The van der Waals surface area contributed by atoms with E-state index in [-0.39, 0.29) is 5.82 Å². The average molecular weight is 406 g/mol. The molecule has 2 N–H and O–H groups in total. The van der Waals surface area contributed by atoms with Crippen molar-refractivity contribution in [3.8, 4) is 11.1 Å². The van der Waals surface area contributed by atoms with Gasteiger partial charge in [0.1, 0.15) is 11.6 Å². The first-order chi connectivity index (χ1) is 13.3. The lowest BCUT2D eigenvalue weighted by atomic mass is 9.86. The van der Waals surface area contributed by atoms with Crippen molar-refractivity contribution in [1.82, 2.24) is 9.71 Å². The van der Waals surface area contributed by atoms with Gasteiger partial charge in [-0.15, -0.1) is 0 Å². The molecular formula is C21H28FN3O2S. The van der Waals surface area contributed by atoms with E-state index in [9.17, 15) is 12.8 Å². The van der Waals surface area contributed by atoms with Crippen LogP contribution in [-0.2, 0) is 10.0 Å². The molecule has 3 rings (SSSR count). The first-order valence-electron chi connectivity index (χ1n) is 9.80. The maximum atomic E-state index is 13.0. The number of hydrogen-bond acceptors (Lipinski definition) is 4. The van der Waals surface area contributed by atoms with E-state index >= 15 is 0 Å². The molecule has 1 fully saturated rings. The number of nitrogens with zero attached hydrogens (tertiary/aromatic N) is 1. The van der Waals surface area contributed by atoms with Gasteiger partial charge in [-0.25, -0.2) is 22.5 Å². The molecule has 1 aromatic heterocycles. The smallest absolute Gasteiger partial charge is 0.213 e. The molecular weight excluding hydrogens is 377 g/mol. The molecule has 0 radical (unpaired) electrons. The average Bonchev–Trinajstić information content (AvgIpc) is 2.69. The van der Waals surface area contributed by atoms with Crippen LogP contribution in [0.1, 0.15) is 39.5 Å². The first kappa shape index (κ1) is 20.7. The Morgan fingerprint density at radius 1 is 1.04 bits per heavy atom. The van der Waals surface area contributed by atoms with Crippen LogP contribution in [0.5, 0.6) is 0 Å². The quantitative estimate of drug-likeness (QED) is 0.725. The summed E-state index contributed by atoms with van der Waals surface area (Å²) in [5.74, 6) is 0.970. The summed E-state index contributed by atoms with van der Waals surface area (Å²) in [4.78, 5) is 4.48. The first-order valence-corrected chi connectivity index (χ1v) is 11.3. The van der Waals surface area contributed by atoms with E-state index in [0.717, 1.165) is 42.6 Å². The number of aromatic nitrogens is 1. The van der Waals surface area contributed by atoms with Crippen LogP contribution < -0.4 is 10.0 Å². The number of anilines is 1. The van der Waals surface area contributed by atoms with Gasteiger partial charge in [0.05, 0.1) is 5.25 Å². The number of nitrogens with one attached hydrogen (secondary N) is 2. The van der Waals surface area contributed by atoms with Crippen molar-refractivity contribution in [2.75, 3.05) is 11.9 Å². The molecule has 2 aromatic rings. The Bertz CT molecular complexity index is 860. The summed E-state index contributed by atoms with van der Waals surface area (Å²) in [6.45, 7) is 3.91. The summed E-state index contributed by atoms with van der Waals surface area (Å²) in [6.07, 6.45) is 5.77. The Kier molecular flexibility index (Phi) is 6.67. The number of hydrogen-bond donors (Lipinski definition) is 2. The van der Waals surface area contributed by atoms with Crippen LogP contribution >= 0.6 is 0 Å². The van der Waals surface area contributed by atoms with Crippen molar-refractivity contribution in [3.05, 3.63) is 48.4 Å². The summed E-state index contributed by atoms with van der Waals surface area (Å²) < 4.78 is 39.5. The largest absolute Gasteiger partial charge is 0.367 e. The Labute approximate surface area is 166 Å². The Morgan fingerprint density at radius 3 is 2.25 bits per heavy atom. The van der Waals surface area contributed by atoms with Gasteiger partial charge in [0.15, 0.2) is 0 Å². The third kappa shape index (κ3) is 5.52. The van der Waals surface area contributed by atoms with E-state index < -0.39 is 15.3 Å². The normalized spacial score (nSPS) is 20.3. The van der Waals surface area contributed by atoms with Gasteiger partial charge in [0, 0.05) is 24.3 Å². The second kappa shape index (κ2) is 9.01. The molecule has 152 valence electrons. The van der Waals surface area contributed by atoms with E-state index in [0.29, 0.717) is 18.5 Å². The van der Waals surface area contributed by atoms with Crippen LogP contribution in [0.4, 0.5) is 10.2 Å². The molecule has 1 saturated carbocycles. The zero-order chi connectivity index (χ0) is 20.1. The van der Waals surface area contributed by atoms with Crippen LogP contribution in [0.25, 0.3) is 11.1 Å². The van der Waals surface area contributed by atoms with Crippen molar-refractivity contribution < 1.29 is 12.8 Å². The van der Waals surface area contributed by atoms with Crippen LogP contribution in [0, 0.1) is 11.7 Å². The van der Waals surface area contributed by atoms with E-state index in [4.69, 9.17) is 0 Å². The maximum absolute atomic E-state index is 13.0. The standard InChI is InChI=1S/C21H28FN3O2S/c1-15(2)28(26,27)24-13-16-3-10-20(11-4-16)25-21-12-7-18(14-23-21)17-5-8-19(22)9-6-17/h5-9,12,14-16,20,24H,3-4,10-11,13H2,1-2H3,(H,23,25)/t16-,20-. The molecule has 1 aliphatic carbocycles. The molecule has 0 spiro atoms. The summed E-state index contributed by atoms with van der Waals surface area (Å²) in [6, 6.07) is 10.7. The van der Waals surface area contributed by atoms with Crippen LogP contribution in [0.3, 0.4) is 0 Å². The minimum Gasteiger partial charge on any atom is -0.367 e. The van der Waals surface area contributed by atoms with Gasteiger partial charge in [-0.2, -0.15) is 0 Å². The van der Waals surface area contributed by atoms with Crippen molar-refractivity contribution in [2.24, 2.45) is 5.92 Å². The third-order valence-corrected chi connectivity index (χ3v) is 7.14. The molecule has 1 aliphatic rings. The molecule has 7 heteroatoms. The lowest BCUT2D eigenvalue weighted by molar-refractivity contribution is 0.336. The molecule has 1 aromatic carbocycles. The predicted molar refractivity (Wildman–Crippen MR) is 111 cm³/mol. The molecule has 0 unspecified atom stereocenters. The van der Waals surface area contributed by atoms with Gasteiger partial charge in [0.2, 0.25) is 10.0 Å². The van der Waals surface area contributed by atoms with Crippen molar-refractivity contribution in [2.45, 2.75) is 50.8 Å². The van der Waals surface area contributed by atoms with E-state index in [1.165, 1.54) is 12.1 Å². The van der Waals surface area contributed by atoms with Gasteiger partial charge >= 0.3 is 0 Å². The zero-order valence-electron chi connectivity index (χ0n) is 16.4. The topological polar surface area (TPSA) is 71.1 Å². The van der Waals surface area contributed by atoms with Gasteiger partial charge in [-0.1, -0.05) is 12.1 Å². The summed E-state index contributed by atoms with van der Waals surface area (Å²) in [7, 11) is -3.19. The highest BCUT2D eigenvalue weighted by molar-refractivity contribution is 7.90.